The fraction of sp³-hybridized carbons (Fsp3) is 0.444. The summed E-state index contributed by atoms with van der Waals surface area (Å²) in [6, 6.07) is 2.16. The fourth-order valence-electron chi connectivity index (χ4n) is 3.10. The van der Waals surface area contributed by atoms with E-state index in [2.05, 4.69) is 33.7 Å². The Morgan fingerprint density at radius 2 is 2.12 bits per heavy atom. The summed E-state index contributed by atoms with van der Waals surface area (Å²) in [4.78, 5) is 26.4. The molecule has 1 aliphatic heterocycles. The monoisotopic (exact) mass is 326 g/mol. The third-order valence-electron chi connectivity index (χ3n) is 4.53. The van der Waals surface area contributed by atoms with Crippen molar-refractivity contribution in [2.75, 3.05) is 13.1 Å². The Morgan fingerprint density at radius 3 is 2.75 bits per heavy atom. The second-order valence-electron chi connectivity index (χ2n) is 6.61. The number of carboxylic acids is 1. The van der Waals surface area contributed by atoms with Crippen LogP contribution in [0, 0.1) is 5.92 Å². The van der Waals surface area contributed by atoms with E-state index in [0.29, 0.717) is 23.2 Å². The van der Waals surface area contributed by atoms with E-state index >= 15 is 0 Å². The molecule has 6 heteroatoms. The summed E-state index contributed by atoms with van der Waals surface area (Å²) in [6.07, 6.45) is 8.56. The van der Waals surface area contributed by atoms with Gasteiger partial charge >= 0.3 is 5.97 Å². The number of aromatic nitrogens is 3. The number of carboxylic acid groups (broad SMARTS) is 1. The average Bonchev–Trinajstić information content (AvgIpc) is 3.04. The summed E-state index contributed by atoms with van der Waals surface area (Å²) >= 11 is 0. The highest BCUT2D eigenvalue weighted by atomic mass is 16.4. The van der Waals surface area contributed by atoms with Crippen molar-refractivity contribution in [1.82, 2.24) is 19.9 Å². The van der Waals surface area contributed by atoms with Crippen LogP contribution in [0.3, 0.4) is 0 Å². The molecule has 1 saturated heterocycles. The van der Waals surface area contributed by atoms with Gasteiger partial charge in [-0.2, -0.15) is 0 Å². The minimum Gasteiger partial charge on any atom is -0.478 e. The standard InChI is InChI=1S/C18H22N4O2/c1-12(2)22-4-3-13(11-22)5-16-9-21-17(10-20-16)14-6-15(18(23)24)8-19-7-14/h6-10,12-13H,3-5,11H2,1-2H3,(H,23,24)/t13-/m0/s1. The molecule has 3 rings (SSSR count). The summed E-state index contributed by atoms with van der Waals surface area (Å²) in [6.45, 7) is 6.74. The van der Waals surface area contributed by atoms with E-state index in [1.54, 1.807) is 24.7 Å². The molecule has 3 heterocycles. The first kappa shape index (κ1) is 16.5. The van der Waals surface area contributed by atoms with Crippen molar-refractivity contribution in [2.45, 2.75) is 32.7 Å². The summed E-state index contributed by atoms with van der Waals surface area (Å²) in [5, 5.41) is 9.04. The Kier molecular flexibility index (Phi) is 4.85. The van der Waals surface area contributed by atoms with Gasteiger partial charge in [-0.05, 0) is 45.2 Å². The van der Waals surface area contributed by atoms with Gasteiger partial charge in [-0.25, -0.2) is 4.79 Å². The molecule has 0 aromatic carbocycles. The van der Waals surface area contributed by atoms with Crippen molar-refractivity contribution in [3.8, 4) is 11.3 Å². The summed E-state index contributed by atoms with van der Waals surface area (Å²) in [5.41, 5.74) is 2.44. The second kappa shape index (κ2) is 7.05. The smallest absolute Gasteiger partial charge is 0.337 e. The van der Waals surface area contributed by atoms with Crippen LogP contribution in [0.5, 0.6) is 0 Å². The van der Waals surface area contributed by atoms with Gasteiger partial charge in [0.1, 0.15) is 0 Å². The number of carbonyl (C=O) groups is 1. The van der Waals surface area contributed by atoms with Gasteiger partial charge in [0.25, 0.3) is 0 Å². The Labute approximate surface area is 141 Å². The minimum atomic E-state index is -0.995. The van der Waals surface area contributed by atoms with Crippen LogP contribution >= 0.6 is 0 Å². The highest BCUT2D eigenvalue weighted by molar-refractivity contribution is 5.88. The SMILES string of the molecule is CC(C)N1CC[C@@H](Cc2cnc(-c3cncc(C(=O)O)c3)cn2)C1. The summed E-state index contributed by atoms with van der Waals surface area (Å²) in [5.74, 6) is -0.366. The number of pyridine rings is 1. The van der Waals surface area contributed by atoms with E-state index in [4.69, 9.17) is 5.11 Å². The molecule has 1 aliphatic rings. The van der Waals surface area contributed by atoms with Crippen LogP contribution in [0.15, 0.2) is 30.9 Å². The molecule has 0 spiro atoms. The van der Waals surface area contributed by atoms with Gasteiger partial charge in [0, 0.05) is 36.7 Å². The van der Waals surface area contributed by atoms with Gasteiger partial charge in [-0.1, -0.05) is 0 Å². The minimum absolute atomic E-state index is 0.151. The maximum Gasteiger partial charge on any atom is 0.337 e. The lowest BCUT2D eigenvalue weighted by atomic mass is 10.0. The van der Waals surface area contributed by atoms with Crippen molar-refractivity contribution in [3.05, 3.63) is 42.1 Å². The molecule has 6 nitrogen and oxygen atoms in total. The topological polar surface area (TPSA) is 79.2 Å². The number of hydrogen-bond donors (Lipinski definition) is 1. The predicted molar refractivity (Wildman–Crippen MR) is 90.7 cm³/mol. The van der Waals surface area contributed by atoms with E-state index < -0.39 is 5.97 Å². The van der Waals surface area contributed by atoms with E-state index in [-0.39, 0.29) is 5.56 Å². The average molecular weight is 326 g/mol. The zero-order chi connectivity index (χ0) is 17.1. The molecular formula is C18H22N4O2. The quantitative estimate of drug-likeness (QED) is 0.909. The van der Waals surface area contributed by atoms with E-state index in [9.17, 15) is 4.79 Å². The molecule has 0 amide bonds. The Bertz CT molecular complexity index is 715. The molecule has 126 valence electrons. The molecule has 0 unspecified atom stereocenters. The van der Waals surface area contributed by atoms with Gasteiger partial charge < -0.3 is 10.0 Å². The maximum atomic E-state index is 11.0. The number of hydrogen-bond acceptors (Lipinski definition) is 5. The molecule has 1 atom stereocenters. The Balaban J connectivity index is 1.68. The van der Waals surface area contributed by atoms with Crippen LogP contribution in [-0.2, 0) is 6.42 Å². The molecule has 1 fully saturated rings. The van der Waals surface area contributed by atoms with Crippen molar-refractivity contribution < 1.29 is 9.90 Å². The third kappa shape index (κ3) is 3.76. The first-order valence-electron chi connectivity index (χ1n) is 8.26. The van der Waals surface area contributed by atoms with Crippen LogP contribution < -0.4 is 0 Å². The molecule has 1 N–H and O–H groups in total. The van der Waals surface area contributed by atoms with Crippen molar-refractivity contribution in [2.24, 2.45) is 5.92 Å². The largest absolute Gasteiger partial charge is 0.478 e. The van der Waals surface area contributed by atoms with E-state index in [1.807, 2.05) is 0 Å². The van der Waals surface area contributed by atoms with Crippen LogP contribution in [0.1, 0.15) is 36.3 Å². The Hall–Kier alpha value is -2.34. The number of likely N-dealkylation sites (tertiary alicyclic amines) is 1. The predicted octanol–water partition coefficient (Wildman–Crippen LogP) is 2.51. The zero-order valence-corrected chi connectivity index (χ0v) is 14.0. The summed E-state index contributed by atoms with van der Waals surface area (Å²) in [7, 11) is 0. The summed E-state index contributed by atoms with van der Waals surface area (Å²) < 4.78 is 0. The lowest BCUT2D eigenvalue weighted by Crippen LogP contribution is -2.28. The van der Waals surface area contributed by atoms with Crippen molar-refractivity contribution >= 4 is 5.97 Å². The second-order valence-corrected chi connectivity index (χ2v) is 6.61. The van der Waals surface area contributed by atoms with E-state index in [1.165, 1.54) is 12.6 Å². The van der Waals surface area contributed by atoms with Gasteiger partial charge in [-0.3, -0.25) is 15.0 Å². The zero-order valence-electron chi connectivity index (χ0n) is 14.0. The molecule has 2 aromatic heterocycles. The molecule has 0 aliphatic carbocycles. The van der Waals surface area contributed by atoms with Crippen LogP contribution in [0.25, 0.3) is 11.3 Å². The highest BCUT2D eigenvalue weighted by Gasteiger charge is 2.24. The fourth-order valence-corrected chi connectivity index (χ4v) is 3.10. The molecule has 24 heavy (non-hydrogen) atoms. The Morgan fingerprint density at radius 1 is 1.29 bits per heavy atom. The van der Waals surface area contributed by atoms with Gasteiger partial charge in [0.05, 0.1) is 23.1 Å². The lowest BCUT2D eigenvalue weighted by Gasteiger charge is -2.20. The van der Waals surface area contributed by atoms with Crippen LogP contribution in [0.4, 0.5) is 0 Å². The normalized spacial score (nSPS) is 18.2. The number of aromatic carboxylic acids is 1. The van der Waals surface area contributed by atoms with Gasteiger partial charge in [-0.15, -0.1) is 0 Å². The highest BCUT2D eigenvalue weighted by Crippen LogP contribution is 2.22. The molecule has 0 saturated carbocycles. The van der Waals surface area contributed by atoms with Gasteiger partial charge in [0.15, 0.2) is 0 Å². The van der Waals surface area contributed by atoms with Crippen LogP contribution in [-0.4, -0.2) is 50.1 Å². The molecule has 2 aromatic rings. The lowest BCUT2D eigenvalue weighted by molar-refractivity contribution is 0.0696. The maximum absolute atomic E-state index is 11.0. The van der Waals surface area contributed by atoms with Crippen molar-refractivity contribution in [3.63, 3.8) is 0 Å². The third-order valence-corrected chi connectivity index (χ3v) is 4.53. The molecular weight excluding hydrogens is 304 g/mol. The number of rotatable bonds is 5. The first-order valence-corrected chi connectivity index (χ1v) is 8.26. The van der Waals surface area contributed by atoms with Gasteiger partial charge in [0.2, 0.25) is 0 Å². The first-order chi connectivity index (χ1) is 11.5. The molecule has 0 radical (unpaired) electrons. The van der Waals surface area contributed by atoms with E-state index in [0.717, 1.165) is 25.2 Å². The number of nitrogens with zero attached hydrogens (tertiary/aromatic N) is 4. The van der Waals surface area contributed by atoms with Crippen LogP contribution in [0.2, 0.25) is 0 Å². The van der Waals surface area contributed by atoms with Crippen molar-refractivity contribution in [1.29, 1.82) is 0 Å². The molecule has 0 bridgehead atoms.